The van der Waals surface area contributed by atoms with E-state index in [4.69, 9.17) is 9.47 Å². The van der Waals surface area contributed by atoms with Crippen molar-refractivity contribution in [2.24, 2.45) is 5.92 Å². The van der Waals surface area contributed by atoms with Gasteiger partial charge in [0, 0.05) is 12.2 Å². The van der Waals surface area contributed by atoms with Crippen molar-refractivity contribution in [2.45, 2.75) is 41.0 Å². The van der Waals surface area contributed by atoms with E-state index in [2.05, 4.69) is 15.6 Å². The Morgan fingerprint density at radius 1 is 1.07 bits per heavy atom. The van der Waals surface area contributed by atoms with Crippen LogP contribution in [0.15, 0.2) is 0 Å². The Morgan fingerprint density at radius 2 is 1.74 bits per heavy atom. The SMILES string of the molecule is CCOC(=O)c1[nH]c(C)c(C(=O)OCC(=O)NC(=O)NCCC(C)C)c1C. The van der Waals surface area contributed by atoms with Gasteiger partial charge in [0.25, 0.3) is 5.91 Å². The lowest BCUT2D eigenvalue weighted by Crippen LogP contribution is -2.42. The number of hydrogen-bond donors (Lipinski definition) is 3. The minimum absolute atomic E-state index is 0.159. The van der Waals surface area contributed by atoms with Gasteiger partial charge in [-0.15, -0.1) is 0 Å². The lowest BCUT2D eigenvalue weighted by Gasteiger charge is -2.09. The summed E-state index contributed by atoms with van der Waals surface area (Å²) >= 11 is 0. The highest BCUT2D eigenvalue weighted by Crippen LogP contribution is 2.19. The quantitative estimate of drug-likeness (QED) is 0.590. The van der Waals surface area contributed by atoms with E-state index in [1.165, 1.54) is 0 Å². The maximum absolute atomic E-state index is 12.2. The van der Waals surface area contributed by atoms with Gasteiger partial charge in [-0.1, -0.05) is 13.8 Å². The maximum Gasteiger partial charge on any atom is 0.355 e. The van der Waals surface area contributed by atoms with Crippen molar-refractivity contribution in [1.82, 2.24) is 15.6 Å². The number of carbonyl (C=O) groups excluding carboxylic acids is 4. The van der Waals surface area contributed by atoms with Gasteiger partial charge in [0.05, 0.1) is 12.2 Å². The zero-order chi connectivity index (χ0) is 20.6. The highest BCUT2D eigenvalue weighted by Gasteiger charge is 2.24. The molecule has 0 unspecified atom stereocenters. The molecule has 0 radical (unpaired) electrons. The molecule has 3 N–H and O–H groups in total. The van der Waals surface area contributed by atoms with Crippen LogP contribution in [-0.4, -0.2) is 48.6 Å². The molecule has 0 spiro atoms. The van der Waals surface area contributed by atoms with Crippen LogP contribution in [0.4, 0.5) is 4.79 Å². The average molecular weight is 381 g/mol. The smallest absolute Gasteiger partial charge is 0.355 e. The molecule has 9 nitrogen and oxygen atoms in total. The second kappa shape index (κ2) is 10.3. The van der Waals surface area contributed by atoms with Crippen molar-refractivity contribution in [3.63, 3.8) is 0 Å². The van der Waals surface area contributed by atoms with Gasteiger partial charge >= 0.3 is 18.0 Å². The van der Waals surface area contributed by atoms with Gasteiger partial charge in [0.2, 0.25) is 0 Å². The number of carbonyl (C=O) groups is 4. The summed E-state index contributed by atoms with van der Waals surface area (Å²) in [4.78, 5) is 50.2. The standard InChI is InChI=1S/C18H27N3O6/c1-6-26-17(24)15-11(4)14(12(5)20-15)16(23)27-9-13(22)21-18(25)19-8-7-10(2)3/h10,20H,6-9H2,1-5H3,(H2,19,21,22,25). The summed E-state index contributed by atoms with van der Waals surface area (Å²) in [6.07, 6.45) is 0.783. The van der Waals surface area contributed by atoms with Crippen LogP contribution in [0.2, 0.25) is 0 Å². The second-order valence-corrected chi connectivity index (χ2v) is 6.41. The van der Waals surface area contributed by atoms with Crippen LogP contribution in [0.1, 0.15) is 59.3 Å². The molecule has 27 heavy (non-hydrogen) atoms. The summed E-state index contributed by atoms with van der Waals surface area (Å²) in [6, 6.07) is -0.643. The Bertz CT molecular complexity index is 708. The molecule has 0 aromatic carbocycles. The van der Waals surface area contributed by atoms with E-state index in [1.54, 1.807) is 20.8 Å². The molecule has 1 aromatic rings. The molecule has 0 saturated heterocycles. The van der Waals surface area contributed by atoms with E-state index in [1.807, 2.05) is 13.8 Å². The third kappa shape index (κ3) is 6.76. The third-order valence-electron chi connectivity index (χ3n) is 3.72. The van der Waals surface area contributed by atoms with Crippen LogP contribution in [0.3, 0.4) is 0 Å². The van der Waals surface area contributed by atoms with Crippen molar-refractivity contribution in [3.8, 4) is 0 Å². The first-order chi connectivity index (χ1) is 12.7. The van der Waals surface area contributed by atoms with Crippen LogP contribution in [0.25, 0.3) is 0 Å². The lowest BCUT2D eigenvalue weighted by atomic mass is 10.1. The number of aryl methyl sites for hydroxylation is 1. The number of hydrogen-bond acceptors (Lipinski definition) is 6. The molecule has 0 fully saturated rings. The predicted molar refractivity (Wildman–Crippen MR) is 97.5 cm³/mol. The number of nitrogens with one attached hydrogen (secondary N) is 3. The molecule has 150 valence electrons. The van der Waals surface area contributed by atoms with E-state index in [9.17, 15) is 19.2 Å². The molecule has 3 amide bonds. The normalized spacial score (nSPS) is 10.4. The molecule has 1 rings (SSSR count). The molecule has 0 aliphatic carbocycles. The first kappa shape index (κ1) is 22.2. The van der Waals surface area contributed by atoms with Crippen molar-refractivity contribution in [2.75, 3.05) is 19.8 Å². The first-order valence-electron chi connectivity index (χ1n) is 8.78. The number of amides is 3. The molecule has 0 aliphatic rings. The summed E-state index contributed by atoms with van der Waals surface area (Å²) in [7, 11) is 0. The Morgan fingerprint density at radius 3 is 2.33 bits per heavy atom. The molecule has 0 atom stereocenters. The fourth-order valence-electron chi connectivity index (χ4n) is 2.35. The van der Waals surface area contributed by atoms with Crippen molar-refractivity contribution in [3.05, 3.63) is 22.5 Å². The molecule has 0 aliphatic heterocycles. The topological polar surface area (TPSA) is 127 Å². The zero-order valence-corrected chi connectivity index (χ0v) is 16.4. The zero-order valence-electron chi connectivity index (χ0n) is 16.4. The van der Waals surface area contributed by atoms with E-state index >= 15 is 0 Å². The van der Waals surface area contributed by atoms with Gasteiger partial charge in [0.1, 0.15) is 5.69 Å². The first-order valence-corrected chi connectivity index (χ1v) is 8.78. The minimum Gasteiger partial charge on any atom is -0.461 e. The number of H-pyrrole nitrogens is 1. The maximum atomic E-state index is 12.2. The van der Waals surface area contributed by atoms with Gasteiger partial charge in [-0.05, 0) is 38.7 Å². The monoisotopic (exact) mass is 381 g/mol. The number of urea groups is 1. The van der Waals surface area contributed by atoms with E-state index < -0.39 is 30.5 Å². The van der Waals surface area contributed by atoms with Crippen molar-refractivity contribution < 1.29 is 28.7 Å². The number of esters is 2. The van der Waals surface area contributed by atoms with Gasteiger partial charge < -0.3 is 19.8 Å². The Hall–Kier alpha value is -2.84. The highest BCUT2D eigenvalue weighted by atomic mass is 16.5. The van der Waals surface area contributed by atoms with E-state index in [0.717, 1.165) is 6.42 Å². The number of imide groups is 1. The number of rotatable bonds is 8. The second-order valence-electron chi connectivity index (χ2n) is 6.41. The summed E-state index contributed by atoms with van der Waals surface area (Å²) in [5.41, 5.74) is 1.12. The lowest BCUT2D eigenvalue weighted by molar-refractivity contribution is -0.123. The molecule has 0 bridgehead atoms. The van der Waals surface area contributed by atoms with Crippen LogP contribution in [-0.2, 0) is 14.3 Å². The summed E-state index contributed by atoms with van der Waals surface area (Å²) in [5.74, 6) is -1.67. The van der Waals surface area contributed by atoms with E-state index in [-0.39, 0.29) is 17.9 Å². The van der Waals surface area contributed by atoms with Gasteiger partial charge in [-0.2, -0.15) is 0 Å². The summed E-state index contributed by atoms with van der Waals surface area (Å²) in [5, 5.41) is 4.62. The van der Waals surface area contributed by atoms with E-state index in [0.29, 0.717) is 23.7 Å². The van der Waals surface area contributed by atoms with Gasteiger partial charge in [-0.3, -0.25) is 10.1 Å². The molecular weight excluding hydrogens is 354 g/mol. The number of aromatic nitrogens is 1. The van der Waals surface area contributed by atoms with Crippen LogP contribution < -0.4 is 10.6 Å². The molecular formula is C18H27N3O6. The van der Waals surface area contributed by atoms with Gasteiger partial charge in [0.15, 0.2) is 6.61 Å². The van der Waals surface area contributed by atoms with Crippen molar-refractivity contribution in [1.29, 1.82) is 0 Å². The van der Waals surface area contributed by atoms with Crippen LogP contribution >= 0.6 is 0 Å². The number of aromatic amines is 1. The summed E-state index contributed by atoms with van der Waals surface area (Å²) in [6.45, 7) is 8.92. The molecule has 1 heterocycles. The largest absolute Gasteiger partial charge is 0.461 e. The Labute approximate surface area is 158 Å². The van der Waals surface area contributed by atoms with Gasteiger partial charge in [-0.25, -0.2) is 14.4 Å². The molecule has 9 heteroatoms. The molecule has 1 aromatic heterocycles. The Balaban J connectivity index is 2.58. The fraction of sp³-hybridized carbons (Fsp3) is 0.556. The number of ether oxygens (including phenoxy) is 2. The van der Waals surface area contributed by atoms with Crippen molar-refractivity contribution >= 4 is 23.9 Å². The minimum atomic E-state index is -0.771. The summed E-state index contributed by atoms with van der Waals surface area (Å²) < 4.78 is 9.86. The van der Waals surface area contributed by atoms with Crippen LogP contribution in [0.5, 0.6) is 0 Å². The molecule has 0 saturated carbocycles. The average Bonchev–Trinajstić information content (AvgIpc) is 2.87. The van der Waals surface area contributed by atoms with Crippen LogP contribution in [0, 0.1) is 19.8 Å². The third-order valence-corrected chi connectivity index (χ3v) is 3.72. The predicted octanol–water partition coefficient (Wildman–Crippen LogP) is 1.84. The Kier molecular flexibility index (Phi) is 8.50. The highest BCUT2D eigenvalue weighted by molar-refractivity contribution is 6.00. The fourth-order valence-corrected chi connectivity index (χ4v) is 2.35.